The van der Waals surface area contributed by atoms with Crippen LogP contribution in [0, 0.1) is 0 Å². The van der Waals surface area contributed by atoms with Gasteiger partial charge in [-0.15, -0.1) is 0 Å². The topological polar surface area (TPSA) is 40.6 Å². The van der Waals surface area contributed by atoms with Crippen LogP contribution >= 0.6 is 0 Å². The van der Waals surface area contributed by atoms with Crippen LogP contribution in [0.25, 0.3) is 127 Å². The van der Waals surface area contributed by atoms with E-state index in [9.17, 15) is 0 Å². The lowest BCUT2D eigenvalue weighted by atomic mass is 9.82. The maximum absolute atomic E-state index is 5.43. The van der Waals surface area contributed by atoms with Crippen LogP contribution in [-0.4, -0.2) is 23.7 Å². The standard InChI is InChI=1S/C63H41N5/c1-63(2)49-21-9-5-17-43(49)47-36-41(29-31-50(47)63)66-54-25-13-7-19-45(54)59-57(66)33-34-58-60(59)46-20-8-14-26-55(46)67(58)42-30-32-56-48(37-42)44-18-6-12-24-53(44)68(56)62-61(64-51-22-10-11-23-52(51)65-62)40-28-27-38-15-3-4-16-39(38)35-40/h3-37H,1-2H3. The first-order chi connectivity index (χ1) is 33.5. The molecule has 4 aromatic heterocycles. The van der Waals surface area contributed by atoms with E-state index >= 15 is 0 Å². The van der Waals surface area contributed by atoms with Crippen molar-refractivity contribution >= 4 is 87.2 Å². The van der Waals surface area contributed by atoms with Gasteiger partial charge in [0, 0.05) is 54.7 Å². The highest BCUT2D eigenvalue weighted by atomic mass is 15.1. The lowest BCUT2D eigenvalue weighted by molar-refractivity contribution is 0.660. The smallest absolute Gasteiger partial charge is 0.165 e. The summed E-state index contributed by atoms with van der Waals surface area (Å²) in [6.45, 7) is 4.70. The van der Waals surface area contributed by atoms with Crippen LogP contribution in [0.4, 0.5) is 0 Å². The van der Waals surface area contributed by atoms with Gasteiger partial charge in [-0.3, -0.25) is 4.57 Å². The molecule has 5 heteroatoms. The van der Waals surface area contributed by atoms with Crippen molar-refractivity contribution in [1.29, 1.82) is 0 Å². The van der Waals surface area contributed by atoms with E-state index < -0.39 is 0 Å². The highest BCUT2D eigenvalue weighted by molar-refractivity contribution is 6.29. The Hall–Kier alpha value is -8.80. The summed E-state index contributed by atoms with van der Waals surface area (Å²) in [4.78, 5) is 10.8. The molecule has 0 bridgehead atoms. The Morgan fingerprint density at radius 2 is 0.882 bits per heavy atom. The van der Waals surface area contributed by atoms with E-state index in [1.54, 1.807) is 0 Å². The molecule has 1 aliphatic carbocycles. The van der Waals surface area contributed by atoms with Crippen LogP contribution in [0.5, 0.6) is 0 Å². The molecule has 0 N–H and O–H groups in total. The Balaban J connectivity index is 0.964. The Bertz CT molecular complexity index is 4480. The number of aromatic nitrogens is 5. The number of benzene rings is 10. The predicted octanol–water partition coefficient (Wildman–Crippen LogP) is 16.0. The van der Waals surface area contributed by atoms with Crippen LogP contribution in [0.2, 0.25) is 0 Å². The van der Waals surface area contributed by atoms with Gasteiger partial charge in [-0.2, -0.15) is 0 Å². The van der Waals surface area contributed by atoms with Crippen LogP contribution in [0.15, 0.2) is 212 Å². The fourth-order valence-corrected chi connectivity index (χ4v) is 11.9. The zero-order chi connectivity index (χ0) is 44.8. The van der Waals surface area contributed by atoms with Gasteiger partial charge in [0.1, 0.15) is 5.69 Å². The van der Waals surface area contributed by atoms with Crippen molar-refractivity contribution in [1.82, 2.24) is 23.7 Å². The quantitative estimate of drug-likeness (QED) is 0.177. The number of hydrogen-bond acceptors (Lipinski definition) is 2. The highest BCUT2D eigenvalue weighted by Crippen LogP contribution is 2.50. The second-order valence-electron chi connectivity index (χ2n) is 19.0. The number of para-hydroxylation sites is 5. The summed E-state index contributed by atoms with van der Waals surface area (Å²) in [5.74, 6) is 0.810. The molecule has 0 saturated heterocycles. The fourth-order valence-electron chi connectivity index (χ4n) is 11.9. The van der Waals surface area contributed by atoms with Gasteiger partial charge < -0.3 is 9.13 Å². The zero-order valence-corrected chi connectivity index (χ0v) is 37.4. The van der Waals surface area contributed by atoms with E-state index in [1.165, 1.54) is 82.3 Å². The second kappa shape index (κ2) is 13.6. The van der Waals surface area contributed by atoms with E-state index in [4.69, 9.17) is 9.97 Å². The van der Waals surface area contributed by atoms with Crippen molar-refractivity contribution in [2.24, 2.45) is 0 Å². The minimum absolute atomic E-state index is 0.0530. The number of rotatable bonds is 4. The van der Waals surface area contributed by atoms with E-state index in [0.717, 1.165) is 55.6 Å². The Morgan fingerprint density at radius 3 is 1.62 bits per heavy atom. The number of hydrogen-bond donors (Lipinski definition) is 0. The predicted molar refractivity (Wildman–Crippen MR) is 283 cm³/mol. The van der Waals surface area contributed by atoms with Crippen molar-refractivity contribution < 1.29 is 0 Å². The summed E-state index contributed by atoms with van der Waals surface area (Å²) < 4.78 is 7.26. The van der Waals surface area contributed by atoms with Gasteiger partial charge in [-0.05, 0) is 112 Å². The summed E-state index contributed by atoms with van der Waals surface area (Å²) in [5.41, 5.74) is 18.2. The van der Waals surface area contributed by atoms with Gasteiger partial charge >= 0.3 is 0 Å². The molecule has 0 saturated carbocycles. The number of fused-ring (bicyclic) bond motifs is 15. The SMILES string of the molecule is CC1(C)c2ccccc2-c2cc(-n3c4ccccc4c4c5c6ccccc6n(-c6ccc7c(c6)c6ccccc6n7-c6nc7ccccc7nc6-c6ccc7ccccc7c6)c5ccc43)ccc21. The Labute approximate surface area is 391 Å². The maximum atomic E-state index is 5.43. The third-order valence-corrected chi connectivity index (χ3v) is 15.0. The molecule has 14 aromatic rings. The first-order valence-electron chi connectivity index (χ1n) is 23.5. The lowest BCUT2D eigenvalue weighted by Crippen LogP contribution is -2.14. The molecule has 15 rings (SSSR count). The van der Waals surface area contributed by atoms with E-state index in [2.05, 4.69) is 228 Å². The summed E-state index contributed by atoms with van der Waals surface area (Å²) in [6.07, 6.45) is 0. The molecule has 5 nitrogen and oxygen atoms in total. The molecular weight excluding hydrogens is 827 g/mol. The third kappa shape index (κ3) is 5.05. The summed E-state index contributed by atoms with van der Waals surface area (Å²) >= 11 is 0. The fraction of sp³-hybridized carbons (Fsp3) is 0.0476. The average molecular weight is 868 g/mol. The number of nitrogens with zero attached hydrogens (tertiary/aromatic N) is 5. The minimum Gasteiger partial charge on any atom is -0.309 e. The largest absolute Gasteiger partial charge is 0.309 e. The molecule has 0 aliphatic heterocycles. The van der Waals surface area contributed by atoms with Gasteiger partial charge in [0.05, 0.1) is 44.1 Å². The highest BCUT2D eigenvalue weighted by Gasteiger charge is 2.35. The van der Waals surface area contributed by atoms with Crippen LogP contribution in [0.1, 0.15) is 25.0 Å². The van der Waals surface area contributed by atoms with Gasteiger partial charge in [0.15, 0.2) is 5.82 Å². The molecular formula is C63H41N5. The molecule has 0 fully saturated rings. The van der Waals surface area contributed by atoms with E-state index in [0.29, 0.717) is 0 Å². The maximum Gasteiger partial charge on any atom is 0.165 e. The van der Waals surface area contributed by atoms with Crippen molar-refractivity contribution in [2.75, 3.05) is 0 Å². The average Bonchev–Trinajstić information content (AvgIpc) is 4.08. The molecule has 0 spiro atoms. The minimum atomic E-state index is -0.0530. The van der Waals surface area contributed by atoms with Crippen molar-refractivity contribution in [3.8, 4) is 39.6 Å². The molecule has 68 heavy (non-hydrogen) atoms. The van der Waals surface area contributed by atoms with Crippen LogP contribution in [-0.2, 0) is 5.41 Å². The molecule has 0 radical (unpaired) electrons. The van der Waals surface area contributed by atoms with Crippen LogP contribution < -0.4 is 0 Å². The monoisotopic (exact) mass is 867 g/mol. The first-order valence-corrected chi connectivity index (χ1v) is 23.5. The van der Waals surface area contributed by atoms with E-state index in [1.807, 2.05) is 12.1 Å². The molecule has 0 atom stereocenters. The molecule has 4 heterocycles. The van der Waals surface area contributed by atoms with Crippen LogP contribution in [0.3, 0.4) is 0 Å². The molecule has 0 unspecified atom stereocenters. The third-order valence-electron chi connectivity index (χ3n) is 15.0. The molecule has 1 aliphatic rings. The first kappa shape index (κ1) is 37.4. The lowest BCUT2D eigenvalue weighted by Gasteiger charge is -2.21. The summed E-state index contributed by atoms with van der Waals surface area (Å²) in [5, 5.41) is 9.69. The van der Waals surface area contributed by atoms with Gasteiger partial charge in [-0.1, -0.05) is 147 Å². The van der Waals surface area contributed by atoms with Gasteiger partial charge in [-0.25, -0.2) is 9.97 Å². The molecule has 318 valence electrons. The van der Waals surface area contributed by atoms with Crippen molar-refractivity contribution in [2.45, 2.75) is 19.3 Å². The second-order valence-corrected chi connectivity index (χ2v) is 19.0. The summed E-state index contributed by atoms with van der Waals surface area (Å²) in [7, 11) is 0. The van der Waals surface area contributed by atoms with E-state index in [-0.39, 0.29) is 5.41 Å². The van der Waals surface area contributed by atoms with Gasteiger partial charge in [0.2, 0.25) is 0 Å². The zero-order valence-electron chi connectivity index (χ0n) is 37.4. The Kier molecular flexibility index (Phi) is 7.50. The van der Waals surface area contributed by atoms with Crippen molar-refractivity contribution in [3.05, 3.63) is 223 Å². The molecule has 0 amide bonds. The summed E-state index contributed by atoms with van der Waals surface area (Å²) in [6, 6.07) is 77.5. The van der Waals surface area contributed by atoms with Gasteiger partial charge in [0.25, 0.3) is 0 Å². The Morgan fingerprint density at radius 1 is 0.353 bits per heavy atom. The molecule has 10 aromatic carbocycles. The van der Waals surface area contributed by atoms with Crippen molar-refractivity contribution in [3.63, 3.8) is 0 Å². The normalized spacial score (nSPS) is 13.3.